The van der Waals surface area contributed by atoms with Gasteiger partial charge in [-0.15, -0.1) is 0 Å². The Morgan fingerprint density at radius 1 is 1.24 bits per heavy atom. The van der Waals surface area contributed by atoms with Crippen molar-refractivity contribution in [2.45, 2.75) is 38.6 Å². The Kier molecular flexibility index (Phi) is 5.87. The summed E-state index contributed by atoms with van der Waals surface area (Å²) < 4.78 is 12.9. The Bertz CT molecular complexity index is 842. The van der Waals surface area contributed by atoms with Crippen molar-refractivity contribution in [3.05, 3.63) is 36.8 Å². The number of likely N-dealkylation sites (tertiary alicyclic amines) is 1. The Morgan fingerprint density at radius 3 is 2.83 bits per heavy atom. The Hall–Kier alpha value is -2.38. The first kappa shape index (κ1) is 19.9. The van der Waals surface area contributed by atoms with Gasteiger partial charge in [-0.2, -0.15) is 0 Å². The van der Waals surface area contributed by atoms with Crippen LogP contribution in [0.15, 0.2) is 36.8 Å². The largest absolute Gasteiger partial charge is 0.492 e. The molecule has 0 N–H and O–H groups in total. The van der Waals surface area contributed by atoms with Gasteiger partial charge in [0.25, 0.3) is 0 Å². The summed E-state index contributed by atoms with van der Waals surface area (Å²) in [6.07, 6.45) is 7.26. The molecule has 3 heterocycles. The second kappa shape index (κ2) is 8.55. The summed E-state index contributed by atoms with van der Waals surface area (Å²) in [6.45, 7) is 8.83. The molecule has 2 aromatic rings. The van der Waals surface area contributed by atoms with Crippen LogP contribution in [-0.2, 0) is 4.74 Å². The molecular formula is C22H30N4O3. The van der Waals surface area contributed by atoms with Crippen molar-refractivity contribution >= 4 is 6.03 Å². The van der Waals surface area contributed by atoms with Crippen molar-refractivity contribution < 1.29 is 14.3 Å². The van der Waals surface area contributed by atoms with E-state index in [9.17, 15) is 4.79 Å². The minimum absolute atomic E-state index is 0.125. The van der Waals surface area contributed by atoms with Crippen LogP contribution in [0.25, 0.3) is 11.3 Å². The molecule has 7 nitrogen and oxygen atoms in total. The molecule has 1 aromatic heterocycles. The zero-order valence-electron chi connectivity index (χ0n) is 17.3. The lowest BCUT2D eigenvalue weighted by Crippen LogP contribution is -2.45. The number of rotatable bonds is 5. The molecule has 0 unspecified atom stereocenters. The molecule has 2 aliphatic rings. The molecule has 2 aliphatic heterocycles. The highest BCUT2D eigenvalue weighted by molar-refractivity contribution is 5.79. The van der Waals surface area contributed by atoms with E-state index in [0.717, 1.165) is 23.6 Å². The second-order valence-electron chi connectivity index (χ2n) is 8.45. The van der Waals surface area contributed by atoms with E-state index < -0.39 is 0 Å². The van der Waals surface area contributed by atoms with Crippen molar-refractivity contribution in [3.63, 3.8) is 0 Å². The number of aromatic nitrogens is 2. The van der Waals surface area contributed by atoms with E-state index in [4.69, 9.17) is 9.47 Å². The number of carbonyl (C=O) groups excluding carboxylic acids is 1. The topological polar surface area (TPSA) is 59.8 Å². The first-order valence-corrected chi connectivity index (χ1v) is 10.4. The zero-order valence-corrected chi connectivity index (χ0v) is 17.3. The molecule has 0 saturated carbocycles. The molecule has 0 radical (unpaired) electrons. The molecule has 7 heteroatoms. The van der Waals surface area contributed by atoms with Gasteiger partial charge in [0.05, 0.1) is 17.8 Å². The number of nitrogens with zero attached hydrogens (tertiary/aromatic N) is 4. The van der Waals surface area contributed by atoms with Crippen LogP contribution >= 0.6 is 0 Å². The first-order chi connectivity index (χ1) is 14.0. The van der Waals surface area contributed by atoms with Crippen molar-refractivity contribution in [2.24, 2.45) is 0 Å². The van der Waals surface area contributed by atoms with Gasteiger partial charge in [0, 0.05) is 18.3 Å². The third kappa shape index (κ3) is 4.62. The third-order valence-electron chi connectivity index (χ3n) is 5.70. The quantitative estimate of drug-likeness (QED) is 0.772. The maximum Gasteiger partial charge on any atom is 0.331 e. The van der Waals surface area contributed by atoms with Crippen LogP contribution in [0, 0.1) is 0 Å². The number of hydrogen-bond donors (Lipinski definition) is 0. The minimum atomic E-state index is -0.316. The van der Waals surface area contributed by atoms with Gasteiger partial charge in [-0.25, -0.2) is 9.78 Å². The van der Waals surface area contributed by atoms with Gasteiger partial charge < -0.3 is 9.47 Å². The average molecular weight is 399 g/mol. The average Bonchev–Trinajstić information content (AvgIpc) is 3.35. The summed E-state index contributed by atoms with van der Waals surface area (Å²) in [7, 11) is 0. The highest BCUT2D eigenvalue weighted by atomic mass is 16.5. The standard InChI is InChI=1S/C22H30N4O3/c1-22(2)15-28-17-26(22)21(27)25-14-20(23-16-25)18-7-6-8-19(13-18)29-12-11-24-9-4-3-5-10-24/h6-8,13-14,16H,3-5,9-12,15,17H2,1-2H3. The third-order valence-corrected chi connectivity index (χ3v) is 5.70. The predicted octanol–water partition coefficient (Wildman–Crippen LogP) is 3.45. The van der Waals surface area contributed by atoms with Gasteiger partial charge in [-0.1, -0.05) is 18.6 Å². The molecule has 2 saturated heterocycles. The summed E-state index contributed by atoms with van der Waals surface area (Å²) in [5.41, 5.74) is 1.37. The SMILES string of the molecule is CC1(C)COCN1C(=O)n1cnc(-c2cccc(OCCN3CCCCC3)c2)c1. The number of benzene rings is 1. The summed E-state index contributed by atoms with van der Waals surface area (Å²) >= 11 is 0. The fourth-order valence-corrected chi connectivity index (χ4v) is 3.89. The lowest BCUT2D eigenvalue weighted by Gasteiger charge is -2.28. The molecule has 1 aromatic carbocycles. The first-order valence-electron chi connectivity index (χ1n) is 10.4. The Morgan fingerprint density at radius 2 is 2.07 bits per heavy atom. The Labute approximate surface area is 172 Å². The molecule has 1 amide bonds. The van der Waals surface area contributed by atoms with E-state index in [0.29, 0.717) is 19.9 Å². The maximum atomic E-state index is 12.8. The van der Waals surface area contributed by atoms with Crippen LogP contribution in [0.3, 0.4) is 0 Å². The Balaban J connectivity index is 1.39. The lowest BCUT2D eigenvalue weighted by molar-refractivity contribution is 0.140. The molecule has 0 spiro atoms. The van der Waals surface area contributed by atoms with E-state index in [1.54, 1.807) is 17.4 Å². The van der Waals surface area contributed by atoms with E-state index in [-0.39, 0.29) is 11.6 Å². The number of piperidine rings is 1. The van der Waals surface area contributed by atoms with Crippen LogP contribution in [0.5, 0.6) is 5.75 Å². The van der Waals surface area contributed by atoms with Crippen LogP contribution in [0.4, 0.5) is 4.79 Å². The normalized spacial score (nSPS) is 19.4. The summed E-state index contributed by atoms with van der Waals surface area (Å²) in [6, 6.07) is 7.77. The van der Waals surface area contributed by atoms with E-state index in [1.807, 2.05) is 38.1 Å². The highest BCUT2D eigenvalue weighted by Gasteiger charge is 2.37. The molecular weight excluding hydrogens is 368 g/mol. The molecule has 156 valence electrons. The fraction of sp³-hybridized carbons (Fsp3) is 0.545. The molecule has 0 bridgehead atoms. The molecule has 29 heavy (non-hydrogen) atoms. The predicted molar refractivity (Wildman–Crippen MR) is 111 cm³/mol. The number of ether oxygens (including phenoxy) is 2. The van der Waals surface area contributed by atoms with Gasteiger partial charge >= 0.3 is 6.03 Å². The number of hydrogen-bond acceptors (Lipinski definition) is 5. The van der Waals surface area contributed by atoms with Gasteiger partial charge in [-0.3, -0.25) is 14.4 Å². The number of carbonyl (C=O) groups is 1. The number of imidazole rings is 1. The highest BCUT2D eigenvalue weighted by Crippen LogP contribution is 2.25. The number of amides is 1. The van der Waals surface area contributed by atoms with Crippen LogP contribution in [-0.4, -0.2) is 70.5 Å². The zero-order chi connectivity index (χ0) is 20.3. The second-order valence-corrected chi connectivity index (χ2v) is 8.45. The van der Waals surface area contributed by atoms with Crippen molar-refractivity contribution in [1.82, 2.24) is 19.4 Å². The van der Waals surface area contributed by atoms with Crippen molar-refractivity contribution in [3.8, 4) is 17.0 Å². The molecule has 4 rings (SSSR count). The summed E-state index contributed by atoms with van der Waals surface area (Å²) in [5.74, 6) is 0.828. The molecule has 0 atom stereocenters. The fourth-order valence-electron chi connectivity index (χ4n) is 3.89. The minimum Gasteiger partial charge on any atom is -0.492 e. The lowest BCUT2D eigenvalue weighted by atomic mass is 10.1. The van der Waals surface area contributed by atoms with E-state index in [2.05, 4.69) is 9.88 Å². The summed E-state index contributed by atoms with van der Waals surface area (Å²) in [5, 5.41) is 0. The van der Waals surface area contributed by atoms with Crippen LogP contribution in [0.2, 0.25) is 0 Å². The van der Waals surface area contributed by atoms with Crippen LogP contribution < -0.4 is 4.74 Å². The van der Waals surface area contributed by atoms with Gasteiger partial charge in [0.15, 0.2) is 0 Å². The van der Waals surface area contributed by atoms with Gasteiger partial charge in [0.1, 0.15) is 25.4 Å². The maximum absolute atomic E-state index is 12.8. The van der Waals surface area contributed by atoms with E-state index >= 15 is 0 Å². The molecule has 2 fully saturated rings. The van der Waals surface area contributed by atoms with Gasteiger partial charge in [-0.05, 0) is 51.9 Å². The summed E-state index contributed by atoms with van der Waals surface area (Å²) in [4.78, 5) is 21.4. The van der Waals surface area contributed by atoms with Crippen molar-refractivity contribution in [2.75, 3.05) is 39.6 Å². The van der Waals surface area contributed by atoms with Crippen LogP contribution in [0.1, 0.15) is 33.1 Å². The monoisotopic (exact) mass is 398 g/mol. The van der Waals surface area contributed by atoms with Crippen molar-refractivity contribution in [1.29, 1.82) is 0 Å². The van der Waals surface area contributed by atoms with E-state index in [1.165, 1.54) is 36.9 Å². The van der Waals surface area contributed by atoms with Gasteiger partial charge in [0.2, 0.25) is 0 Å². The smallest absolute Gasteiger partial charge is 0.331 e. The molecule has 0 aliphatic carbocycles.